The molecule has 1 N–H and O–H groups in total. The van der Waals surface area contributed by atoms with Crippen molar-refractivity contribution in [3.63, 3.8) is 0 Å². The SMILES string of the molecule is CC(=O)NCc1ccc(C(=O)C(C)Sc2nnc(-c3ccco3)o2)s1. The van der Waals surface area contributed by atoms with Crippen LogP contribution in [-0.2, 0) is 11.3 Å². The first-order valence-electron chi connectivity index (χ1n) is 7.44. The Morgan fingerprint density at radius 3 is 2.88 bits per heavy atom. The number of ketones is 1. The molecule has 0 bridgehead atoms. The van der Waals surface area contributed by atoms with Gasteiger partial charge in [-0.3, -0.25) is 9.59 Å². The minimum Gasteiger partial charge on any atom is -0.459 e. The number of thioether (sulfide) groups is 1. The van der Waals surface area contributed by atoms with Gasteiger partial charge in [-0.2, -0.15) is 0 Å². The summed E-state index contributed by atoms with van der Waals surface area (Å²) >= 11 is 2.56. The maximum absolute atomic E-state index is 12.5. The van der Waals surface area contributed by atoms with E-state index in [-0.39, 0.29) is 22.8 Å². The van der Waals surface area contributed by atoms with Crippen LogP contribution in [0.2, 0.25) is 0 Å². The van der Waals surface area contributed by atoms with Crippen molar-refractivity contribution in [2.45, 2.75) is 30.9 Å². The number of carbonyl (C=O) groups is 2. The van der Waals surface area contributed by atoms with Crippen LogP contribution in [-0.4, -0.2) is 27.1 Å². The Balaban J connectivity index is 1.62. The van der Waals surface area contributed by atoms with Crippen LogP contribution in [0.4, 0.5) is 0 Å². The molecule has 1 atom stereocenters. The van der Waals surface area contributed by atoms with E-state index in [9.17, 15) is 9.59 Å². The van der Waals surface area contributed by atoms with Crippen LogP contribution >= 0.6 is 23.1 Å². The van der Waals surface area contributed by atoms with Gasteiger partial charge in [0.15, 0.2) is 11.5 Å². The molecule has 0 aromatic carbocycles. The first-order valence-corrected chi connectivity index (χ1v) is 9.14. The third kappa shape index (κ3) is 4.37. The average molecular weight is 377 g/mol. The molecule has 0 saturated heterocycles. The Morgan fingerprint density at radius 2 is 2.16 bits per heavy atom. The molecular weight excluding hydrogens is 362 g/mol. The number of carbonyl (C=O) groups excluding carboxylic acids is 2. The fourth-order valence-corrected chi connectivity index (χ4v) is 3.78. The molecule has 0 aliphatic heterocycles. The monoisotopic (exact) mass is 377 g/mol. The third-order valence-corrected chi connectivity index (χ3v) is 5.24. The maximum atomic E-state index is 12.5. The molecule has 3 aromatic heterocycles. The summed E-state index contributed by atoms with van der Waals surface area (Å²) in [6.45, 7) is 3.67. The Kier molecular flexibility index (Phi) is 5.34. The molecule has 25 heavy (non-hydrogen) atoms. The fourth-order valence-electron chi connectivity index (χ4n) is 1.98. The lowest BCUT2D eigenvalue weighted by Crippen LogP contribution is -2.18. The van der Waals surface area contributed by atoms with E-state index in [2.05, 4.69) is 15.5 Å². The predicted molar refractivity (Wildman–Crippen MR) is 93.5 cm³/mol. The highest BCUT2D eigenvalue weighted by Gasteiger charge is 2.22. The highest BCUT2D eigenvalue weighted by molar-refractivity contribution is 8.00. The molecule has 3 aromatic rings. The number of hydrogen-bond donors (Lipinski definition) is 1. The number of furan rings is 1. The summed E-state index contributed by atoms with van der Waals surface area (Å²) in [6, 6.07) is 7.06. The van der Waals surface area contributed by atoms with Crippen molar-refractivity contribution in [1.29, 1.82) is 0 Å². The molecule has 3 heterocycles. The minimum absolute atomic E-state index is 0.0261. The Labute approximate surface area is 151 Å². The molecule has 0 aliphatic rings. The van der Waals surface area contributed by atoms with Crippen LogP contribution in [0.15, 0.2) is 44.6 Å². The van der Waals surface area contributed by atoms with Crippen molar-refractivity contribution < 1.29 is 18.4 Å². The second kappa shape index (κ2) is 7.66. The largest absolute Gasteiger partial charge is 0.459 e. The van der Waals surface area contributed by atoms with E-state index in [0.29, 0.717) is 22.4 Å². The van der Waals surface area contributed by atoms with E-state index in [1.807, 2.05) is 6.07 Å². The Hall–Kier alpha value is -2.39. The van der Waals surface area contributed by atoms with Crippen LogP contribution in [0.1, 0.15) is 28.4 Å². The maximum Gasteiger partial charge on any atom is 0.284 e. The molecule has 1 unspecified atom stereocenters. The van der Waals surface area contributed by atoms with E-state index in [4.69, 9.17) is 8.83 Å². The van der Waals surface area contributed by atoms with Gasteiger partial charge < -0.3 is 14.2 Å². The van der Waals surface area contributed by atoms with Crippen molar-refractivity contribution in [2.24, 2.45) is 0 Å². The van der Waals surface area contributed by atoms with Gasteiger partial charge >= 0.3 is 0 Å². The highest BCUT2D eigenvalue weighted by Crippen LogP contribution is 2.29. The van der Waals surface area contributed by atoms with Crippen LogP contribution in [0, 0.1) is 0 Å². The number of rotatable bonds is 7. The van der Waals surface area contributed by atoms with Crippen molar-refractivity contribution in [2.75, 3.05) is 0 Å². The lowest BCUT2D eigenvalue weighted by molar-refractivity contribution is -0.119. The Bertz CT molecular complexity index is 870. The van der Waals surface area contributed by atoms with Gasteiger partial charge in [0, 0.05) is 11.8 Å². The highest BCUT2D eigenvalue weighted by atomic mass is 32.2. The summed E-state index contributed by atoms with van der Waals surface area (Å²) in [6.07, 6.45) is 1.52. The molecule has 0 saturated carbocycles. The van der Waals surface area contributed by atoms with Crippen LogP contribution < -0.4 is 5.32 Å². The van der Waals surface area contributed by atoms with Crippen LogP contribution in [0.25, 0.3) is 11.7 Å². The molecule has 3 rings (SSSR count). The second-order valence-electron chi connectivity index (χ2n) is 5.15. The van der Waals surface area contributed by atoms with Gasteiger partial charge in [-0.1, -0.05) is 11.8 Å². The van der Waals surface area contributed by atoms with E-state index >= 15 is 0 Å². The smallest absolute Gasteiger partial charge is 0.284 e. The number of Topliss-reactive ketones (excluding diaryl/α,β-unsaturated/α-hetero) is 1. The number of amides is 1. The van der Waals surface area contributed by atoms with Crippen molar-refractivity contribution in [1.82, 2.24) is 15.5 Å². The average Bonchev–Trinajstić information content (AvgIpc) is 3.32. The zero-order chi connectivity index (χ0) is 17.8. The fraction of sp³-hybridized carbons (Fsp3) is 0.250. The van der Waals surface area contributed by atoms with E-state index in [1.165, 1.54) is 36.3 Å². The minimum atomic E-state index is -0.378. The van der Waals surface area contributed by atoms with E-state index in [1.54, 1.807) is 25.1 Å². The summed E-state index contributed by atoms with van der Waals surface area (Å²) < 4.78 is 10.7. The summed E-state index contributed by atoms with van der Waals surface area (Å²) in [5.74, 6) is 0.635. The predicted octanol–water partition coefficient (Wildman–Crippen LogP) is 3.39. The topological polar surface area (TPSA) is 98.2 Å². The molecule has 0 radical (unpaired) electrons. The van der Waals surface area contributed by atoms with Crippen molar-refractivity contribution >= 4 is 34.8 Å². The number of nitrogens with zero attached hydrogens (tertiary/aromatic N) is 2. The summed E-state index contributed by atoms with van der Waals surface area (Å²) in [5.41, 5.74) is 0. The first-order chi connectivity index (χ1) is 12.0. The summed E-state index contributed by atoms with van der Waals surface area (Å²) in [5, 5.41) is 10.5. The van der Waals surface area contributed by atoms with E-state index < -0.39 is 0 Å². The molecular formula is C16H15N3O4S2. The van der Waals surface area contributed by atoms with Gasteiger partial charge in [0.25, 0.3) is 11.1 Å². The normalized spacial score (nSPS) is 12.1. The van der Waals surface area contributed by atoms with Crippen molar-refractivity contribution in [3.8, 4) is 11.7 Å². The standard InChI is InChI=1S/C16H15N3O4S2/c1-9(14(21)13-6-5-11(25-13)8-17-10(2)20)24-16-19-18-15(23-16)12-4-3-7-22-12/h3-7,9H,8H2,1-2H3,(H,17,20). The molecule has 0 fully saturated rings. The molecule has 7 nitrogen and oxygen atoms in total. The number of nitrogens with one attached hydrogen (secondary N) is 1. The summed E-state index contributed by atoms with van der Waals surface area (Å²) in [4.78, 5) is 25.0. The van der Waals surface area contributed by atoms with Gasteiger partial charge in [0.05, 0.1) is 22.9 Å². The second-order valence-corrected chi connectivity index (χ2v) is 7.61. The van der Waals surface area contributed by atoms with Crippen LogP contribution in [0.3, 0.4) is 0 Å². The number of hydrogen-bond acceptors (Lipinski definition) is 8. The molecule has 130 valence electrons. The van der Waals surface area contributed by atoms with E-state index in [0.717, 1.165) is 4.88 Å². The molecule has 1 amide bonds. The quantitative estimate of drug-likeness (QED) is 0.498. The lowest BCUT2D eigenvalue weighted by atomic mass is 10.2. The van der Waals surface area contributed by atoms with Gasteiger partial charge in [0.1, 0.15) is 0 Å². The van der Waals surface area contributed by atoms with Gasteiger partial charge in [-0.25, -0.2) is 0 Å². The first kappa shape index (κ1) is 17.4. The molecule has 9 heteroatoms. The number of aromatic nitrogens is 2. The van der Waals surface area contributed by atoms with Gasteiger partial charge in [0.2, 0.25) is 5.91 Å². The summed E-state index contributed by atoms with van der Waals surface area (Å²) in [7, 11) is 0. The van der Waals surface area contributed by atoms with Crippen LogP contribution in [0.5, 0.6) is 0 Å². The number of thiophene rings is 1. The van der Waals surface area contributed by atoms with Gasteiger partial charge in [-0.05, 0) is 31.2 Å². The van der Waals surface area contributed by atoms with Crippen molar-refractivity contribution in [3.05, 3.63) is 40.3 Å². The zero-order valence-electron chi connectivity index (χ0n) is 13.5. The molecule has 0 spiro atoms. The lowest BCUT2D eigenvalue weighted by Gasteiger charge is -2.05. The third-order valence-electron chi connectivity index (χ3n) is 3.20. The zero-order valence-corrected chi connectivity index (χ0v) is 15.1. The molecule has 0 aliphatic carbocycles. The van der Waals surface area contributed by atoms with Gasteiger partial charge in [-0.15, -0.1) is 21.5 Å². The Morgan fingerprint density at radius 1 is 1.32 bits per heavy atom.